The molecule has 1 amide bonds. The van der Waals surface area contributed by atoms with E-state index in [0.29, 0.717) is 22.8 Å². The average Bonchev–Trinajstić information content (AvgIpc) is 2.73. The lowest BCUT2D eigenvalue weighted by Gasteiger charge is -2.15. The summed E-state index contributed by atoms with van der Waals surface area (Å²) in [7, 11) is 0. The van der Waals surface area contributed by atoms with Crippen molar-refractivity contribution in [2.75, 3.05) is 0 Å². The molecule has 0 aliphatic carbocycles. The van der Waals surface area contributed by atoms with Crippen molar-refractivity contribution >= 4 is 17.7 Å². The van der Waals surface area contributed by atoms with Crippen LogP contribution in [0.3, 0.4) is 0 Å². The summed E-state index contributed by atoms with van der Waals surface area (Å²) in [5.41, 5.74) is 1.22. The number of hydrogen-bond donors (Lipinski definition) is 2. The van der Waals surface area contributed by atoms with E-state index in [1.807, 2.05) is 0 Å². The number of rotatable bonds is 7. The first-order chi connectivity index (χ1) is 14.3. The third-order valence-corrected chi connectivity index (χ3v) is 4.42. The molecule has 3 rings (SSSR count). The van der Waals surface area contributed by atoms with Gasteiger partial charge in [-0.05, 0) is 17.7 Å². The number of carboxylic acid groups (broad SMARTS) is 1. The maximum atomic E-state index is 13.3. The van der Waals surface area contributed by atoms with Gasteiger partial charge in [-0.2, -0.15) is 0 Å². The van der Waals surface area contributed by atoms with Gasteiger partial charge in [0.1, 0.15) is 17.7 Å². The second kappa shape index (κ2) is 9.09. The first kappa shape index (κ1) is 20.9. The Bertz CT molecular complexity index is 1060. The van der Waals surface area contributed by atoms with E-state index >= 15 is 0 Å². The van der Waals surface area contributed by atoms with Crippen LogP contribution in [-0.2, 0) is 11.2 Å². The van der Waals surface area contributed by atoms with Crippen molar-refractivity contribution in [1.82, 2.24) is 5.32 Å². The van der Waals surface area contributed by atoms with Gasteiger partial charge in [-0.25, -0.2) is 13.6 Å². The van der Waals surface area contributed by atoms with Crippen molar-refractivity contribution in [1.29, 1.82) is 0 Å². The second-order valence-corrected chi connectivity index (χ2v) is 6.62. The summed E-state index contributed by atoms with van der Waals surface area (Å²) in [4.78, 5) is 36.2. The molecule has 2 N–H and O–H groups in total. The Morgan fingerprint density at radius 2 is 1.37 bits per heavy atom. The Balaban J connectivity index is 1.71. The highest BCUT2D eigenvalue weighted by Gasteiger charge is 2.22. The van der Waals surface area contributed by atoms with Crippen molar-refractivity contribution in [2.45, 2.75) is 12.5 Å². The number of hydrogen-bond acceptors (Lipinski definition) is 3. The molecule has 152 valence electrons. The van der Waals surface area contributed by atoms with E-state index in [1.165, 1.54) is 0 Å². The number of nitrogens with one attached hydrogen (secondary N) is 1. The van der Waals surface area contributed by atoms with Crippen LogP contribution in [-0.4, -0.2) is 28.8 Å². The molecule has 0 fully saturated rings. The van der Waals surface area contributed by atoms with Crippen LogP contribution in [0.15, 0.2) is 72.8 Å². The molecule has 7 heteroatoms. The minimum atomic E-state index is -1.32. The summed E-state index contributed by atoms with van der Waals surface area (Å²) in [6, 6.07) is 16.0. The summed E-state index contributed by atoms with van der Waals surface area (Å²) < 4.78 is 26.6. The van der Waals surface area contributed by atoms with Crippen molar-refractivity contribution in [3.63, 3.8) is 0 Å². The van der Waals surface area contributed by atoms with Crippen LogP contribution in [0.5, 0.6) is 0 Å². The van der Waals surface area contributed by atoms with Crippen LogP contribution in [0.4, 0.5) is 8.78 Å². The summed E-state index contributed by atoms with van der Waals surface area (Å²) in [5.74, 6) is -4.25. The molecule has 0 aliphatic heterocycles. The van der Waals surface area contributed by atoms with E-state index < -0.39 is 29.6 Å². The molecule has 3 aromatic carbocycles. The fourth-order valence-corrected chi connectivity index (χ4v) is 2.91. The maximum Gasteiger partial charge on any atom is 0.326 e. The zero-order valence-electron chi connectivity index (χ0n) is 15.6. The average molecular weight is 409 g/mol. The zero-order chi connectivity index (χ0) is 21.7. The van der Waals surface area contributed by atoms with Gasteiger partial charge in [0.25, 0.3) is 5.91 Å². The molecular weight excluding hydrogens is 392 g/mol. The van der Waals surface area contributed by atoms with Gasteiger partial charge in [0.2, 0.25) is 0 Å². The minimum Gasteiger partial charge on any atom is -0.480 e. The topological polar surface area (TPSA) is 83.5 Å². The minimum absolute atomic E-state index is 0.0708. The van der Waals surface area contributed by atoms with E-state index in [4.69, 9.17) is 0 Å². The summed E-state index contributed by atoms with van der Waals surface area (Å²) in [6.07, 6.45) is -0.0708. The van der Waals surface area contributed by atoms with Gasteiger partial charge in [-0.3, -0.25) is 9.59 Å². The maximum absolute atomic E-state index is 13.3. The molecule has 30 heavy (non-hydrogen) atoms. The molecule has 0 saturated heterocycles. The molecule has 0 aromatic heterocycles. The van der Waals surface area contributed by atoms with Gasteiger partial charge in [0.15, 0.2) is 5.78 Å². The van der Waals surface area contributed by atoms with Gasteiger partial charge in [0, 0.05) is 29.2 Å². The van der Waals surface area contributed by atoms with Crippen LogP contribution in [0.2, 0.25) is 0 Å². The number of carbonyl (C=O) groups excluding carboxylic acids is 2. The number of ketones is 1. The molecular formula is C23H17F2NO4. The standard InChI is InChI=1S/C23H17F2NO4/c24-18-11-17(12-19(25)13-18)22(28)26-20(23(29)30)10-14-6-8-16(9-7-14)21(27)15-4-2-1-3-5-15/h1-9,11-13,20H,10H2,(H,26,28)(H,29,30)/t20-/m0/s1. The molecule has 0 spiro atoms. The third-order valence-electron chi connectivity index (χ3n) is 4.42. The Morgan fingerprint density at radius 1 is 0.800 bits per heavy atom. The first-order valence-electron chi connectivity index (χ1n) is 9.02. The molecule has 0 bridgehead atoms. The Labute approximate surface area is 171 Å². The fraction of sp³-hybridized carbons (Fsp3) is 0.0870. The van der Waals surface area contributed by atoms with Crippen LogP contribution in [0, 0.1) is 11.6 Å². The highest BCUT2D eigenvalue weighted by molar-refractivity contribution is 6.08. The molecule has 5 nitrogen and oxygen atoms in total. The van der Waals surface area contributed by atoms with Gasteiger partial charge in [0.05, 0.1) is 0 Å². The van der Waals surface area contributed by atoms with Crippen LogP contribution in [0.1, 0.15) is 31.8 Å². The van der Waals surface area contributed by atoms with Crippen molar-refractivity contribution in [3.8, 4) is 0 Å². The molecule has 0 unspecified atom stereocenters. The SMILES string of the molecule is O=C(N[C@@H](Cc1ccc(C(=O)c2ccccc2)cc1)C(=O)O)c1cc(F)cc(F)c1. The molecule has 1 atom stereocenters. The molecule has 3 aromatic rings. The number of amides is 1. The molecule has 0 aliphatic rings. The Hall–Kier alpha value is -3.87. The lowest BCUT2D eigenvalue weighted by molar-refractivity contribution is -0.139. The van der Waals surface area contributed by atoms with E-state index in [-0.39, 0.29) is 17.8 Å². The van der Waals surface area contributed by atoms with Crippen LogP contribution in [0.25, 0.3) is 0 Å². The smallest absolute Gasteiger partial charge is 0.326 e. The summed E-state index contributed by atoms with van der Waals surface area (Å²) in [6.45, 7) is 0. The zero-order valence-corrected chi connectivity index (χ0v) is 15.6. The van der Waals surface area contributed by atoms with E-state index in [1.54, 1.807) is 54.6 Å². The third kappa shape index (κ3) is 5.14. The Kier molecular flexibility index (Phi) is 6.32. The van der Waals surface area contributed by atoms with Crippen LogP contribution >= 0.6 is 0 Å². The highest BCUT2D eigenvalue weighted by atomic mass is 19.1. The van der Waals surface area contributed by atoms with Gasteiger partial charge < -0.3 is 10.4 Å². The van der Waals surface area contributed by atoms with Gasteiger partial charge in [-0.1, -0.05) is 54.6 Å². The largest absolute Gasteiger partial charge is 0.480 e. The number of carbonyl (C=O) groups is 3. The van der Waals surface area contributed by atoms with Crippen molar-refractivity contribution < 1.29 is 28.3 Å². The van der Waals surface area contributed by atoms with E-state index in [9.17, 15) is 28.3 Å². The van der Waals surface area contributed by atoms with Crippen molar-refractivity contribution in [3.05, 3.63) is 107 Å². The van der Waals surface area contributed by atoms with E-state index in [0.717, 1.165) is 12.1 Å². The molecule has 0 radical (unpaired) electrons. The van der Waals surface area contributed by atoms with Crippen LogP contribution < -0.4 is 5.32 Å². The predicted molar refractivity (Wildman–Crippen MR) is 105 cm³/mol. The number of halogens is 2. The van der Waals surface area contributed by atoms with Gasteiger partial charge >= 0.3 is 5.97 Å². The second-order valence-electron chi connectivity index (χ2n) is 6.62. The van der Waals surface area contributed by atoms with Crippen molar-refractivity contribution in [2.24, 2.45) is 0 Å². The Morgan fingerprint density at radius 3 is 1.93 bits per heavy atom. The normalized spacial score (nSPS) is 11.5. The lowest BCUT2D eigenvalue weighted by atomic mass is 9.99. The summed E-state index contributed by atoms with van der Waals surface area (Å²) >= 11 is 0. The monoisotopic (exact) mass is 409 g/mol. The first-order valence-corrected chi connectivity index (χ1v) is 9.02. The predicted octanol–water partition coefficient (Wildman–Crippen LogP) is 3.62. The number of benzene rings is 3. The lowest BCUT2D eigenvalue weighted by Crippen LogP contribution is -2.42. The highest BCUT2D eigenvalue weighted by Crippen LogP contribution is 2.13. The van der Waals surface area contributed by atoms with Gasteiger partial charge in [-0.15, -0.1) is 0 Å². The number of carboxylic acids is 1. The quantitative estimate of drug-likeness (QED) is 0.584. The molecule has 0 saturated carbocycles. The molecule has 0 heterocycles. The van der Waals surface area contributed by atoms with E-state index in [2.05, 4.69) is 5.32 Å². The fourth-order valence-electron chi connectivity index (χ4n) is 2.91. The number of aliphatic carboxylic acids is 1. The summed E-state index contributed by atoms with van der Waals surface area (Å²) in [5, 5.41) is 11.7.